The summed E-state index contributed by atoms with van der Waals surface area (Å²) in [5.74, 6) is -0.107. The molecule has 78 valence electrons. The lowest BCUT2D eigenvalue weighted by Crippen LogP contribution is -2.03. The lowest BCUT2D eigenvalue weighted by Gasteiger charge is -1.95. The highest BCUT2D eigenvalue weighted by atomic mass is 16.3. The molecule has 0 aliphatic carbocycles. The maximum Gasteiger partial charge on any atom is 0.256 e. The van der Waals surface area contributed by atoms with Crippen LogP contribution in [0.2, 0.25) is 0 Å². The summed E-state index contributed by atoms with van der Waals surface area (Å²) < 4.78 is 4.86. The molecule has 1 aromatic carbocycles. The zero-order valence-corrected chi connectivity index (χ0v) is 8.31. The van der Waals surface area contributed by atoms with Crippen LogP contribution in [0, 0.1) is 0 Å². The van der Waals surface area contributed by atoms with Gasteiger partial charge in [0.05, 0.1) is 5.57 Å². The van der Waals surface area contributed by atoms with E-state index >= 15 is 0 Å². The molecule has 1 amide bonds. The molecule has 0 bridgehead atoms. The van der Waals surface area contributed by atoms with Crippen molar-refractivity contribution in [1.29, 1.82) is 0 Å². The van der Waals surface area contributed by atoms with Gasteiger partial charge in [-0.1, -0.05) is 18.2 Å². The van der Waals surface area contributed by atoms with Crippen molar-refractivity contribution in [2.24, 2.45) is 0 Å². The van der Waals surface area contributed by atoms with Crippen LogP contribution in [0.5, 0.6) is 0 Å². The molecular weight excluding hydrogens is 204 g/mol. The van der Waals surface area contributed by atoms with Crippen LogP contribution in [0.3, 0.4) is 0 Å². The minimum absolute atomic E-state index is 0.107. The first-order valence-corrected chi connectivity index (χ1v) is 4.85. The number of oxazole rings is 1. The highest BCUT2D eigenvalue weighted by Crippen LogP contribution is 2.32. The van der Waals surface area contributed by atoms with E-state index in [1.807, 2.05) is 24.3 Å². The highest BCUT2D eigenvalue weighted by Gasteiger charge is 2.23. The average Bonchev–Trinajstić information content (AvgIpc) is 2.89. The SMILES string of the molecule is O=C1Nc2ccccc2C1=Cc1cocn1. The molecule has 1 N–H and O–H groups in total. The van der Waals surface area contributed by atoms with Gasteiger partial charge in [-0.15, -0.1) is 0 Å². The molecule has 4 heteroatoms. The predicted molar refractivity (Wildman–Crippen MR) is 59.4 cm³/mol. The monoisotopic (exact) mass is 212 g/mol. The maximum absolute atomic E-state index is 11.7. The fraction of sp³-hybridized carbons (Fsp3) is 0. The summed E-state index contributed by atoms with van der Waals surface area (Å²) in [7, 11) is 0. The number of aromatic nitrogens is 1. The van der Waals surface area contributed by atoms with Crippen LogP contribution in [0.4, 0.5) is 5.69 Å². The van der Waals surface area contributed by atoms with Gasteiger partial charge in [-0.2, -0.15) is 0 Å². The first kappa shape index (κ1) is 8.91. The molecule has 0 spiro atoms. The number of para-hydroxylation sites is 1. The third kappa shape index (κ3) is 1.32. The van der Waals surface area contributed by atoms with Gasteiger partial charge in [0.1, 0.15) is 12.0 Å². The Hall–Kier alpha value is -2.36. The second-order valence-electron chi connectivity index (χ2n) is 3.47. The van der Waals surface area contributed by atoms with Gasteiger partial charge in [-0.05, 0) is 12.1 Å². The van der Waals surface area contributed by atoms with E-state index in [2.05, 4.69) is 10.3 Å². The van der Waals surface area contributed by atoms with Gasteiger partial charge >= 0.3 is 0 Å². The third-order valence-corrected chi connectivity index (χ3v) is 2.45. The fourth-order valence-corrected chi connectivity index (χ4v) is 1.72. The van der Waals surface area contributed by atoms with Gasteiger partial charge in [0.15, 0.2) is 6.39 Å². The van der Waals surface area contributed by atoms with E-state index in [0.29, 0.717) is 11.3 Å². The van der Waals surface area contributed by atoms with Crippen molar-refractivity contribution in [3.8, 4) is 0 Å². The van der Waals surface area contributed by atoms with E-state index in [-0.39, 0.29) is 5.91 Å². The zero-order valence-electron chi connectivity index (χ0n) is 8.31. The number of nitrogens with zero attached hydrogens (tertiary/aromatic N) is 1. The molecule has 4 nitrogen and oxygen atoms in total. The average molecular weight is 212 g/mol. The molecule has 0 unspecified atom stereocenters. The first-order chi connectivity index (χ1) is 7.84. The predicted octanol–water partition coefficient (Wildman–Crippen LogP) is 2.17. The Labute approximate surface area is 91.6 Å². The number of amides is 1. The van der Waals surface area contributed by atoms with Crippen LogP contribution in [-0.4, -0.2) is 10.9 Å². The molecule has 1 aromatic heterocycles. The Balaban J connectivity index is 2.12. The molecule has 1 aliphatic rings. The Bertz CT molecular complexity index is 570. The van der Waals surface area contributed by atoms with Crippen LogP contribution in [0.15, 0.2) is 41.3 Å². The molecule has 3 rings (SSSR count). The maximum atomic E-state index is 11.7. The Morgan fingerprint density at radius 2 is 2.19 bits per heavy atom. The van der Waals surface area contributed by atoms with Gasteiger partial charge in [0.25, 0.3) is 5.91 Å². The van der Waals surface area contributed by atoms with Crippen molar-refractivity contribution < 1.29 is 9.21 Å². The number of fused-ring (bicyclic) bond motifs is 1. The van der Waals surface area contributed by atoms with E-state index in [4.69, 9.17) is 4.42 Å². The highest BCUT2D eigenvalue weighted by molar-refractivity contribution is 6.34. The normalized spacial score (nSPS) is 16.2. The van der Waals surface area contributed by atoms with Crippen LogP contribution in [0.1, 0.15) is 11.3 Å². The summed E-state index contributed by atoms with van der Waals surface area (Å²) in [6.07, 6.45) is 4.55. The number of nitrogens with one attached hydrogen (secondary N) is 1. The van der Waals surface area contributed by atoms with Gasteiger partial charge < -0.3 is 9.73 Å². The first-order valence-electron chi connectivity index (χ1n) is 4.85. The Kier molecular flexibility index (Phi) is 1.86. The summed E-state index contributed by atoms with van der Waals surface area (Å²) in [6, 6.07) is 7.56. The van der Waals surface area contributed by atoms with Crippen molar-refractivity contribution in [2.45, 2.75) is 0 Å². The molecule has 0 fully saturated rings. The van der Waals surface area contributed by atoms with Gasteiger partial charge in [-0.3, -0.25) is 4.79 Å². The second kappa shape index (κ2) is 3.34. The van der Waals surface area contributed by atoms with Crippen molar-refractivity contribution in [3.63, 3.8) is 0 Å². The lowest BCUT2D eigenvalue weighted by molar-refractivity contribution is -0.110. The van der Waals surface area contributed by atoms with Gasteiger partial charge in [-0.25, -0.2) is 4.98 Å². The Morgan fingerprint density at radius 1 is 1.31 bits per heavy atom. The van der Waals surface area contributed by atoms with Gasteiger partial charge in [0, 0.05) is 11.3 Å². The van der Waals surface area contributed by atoms with Crippen molar-refractivity contribution in [1.82, 2.24) is 4.98 Å². The van der Waals surface area contributed by atoms with Crippen LogP contribution in [-0.2, 0) is 4.79 Å². The zero-order chi connectivity index (χ0) is 11.0. The summed E-state index contributed by atoms with van der Waals surface area (Å²) in [5.41, 5.74) is 2.99. The summed E-state index contributed by atoms with van der Waals surface area (Å²) in [5, 5.41) is 2.79. The molecular formula is C12H8N2O2. The van der Waals surface area contributed by atoms with E-state index in [9.17, 15) is 4.79 Å². The van der Waals surface area contributed by atoms with Crippen LogP contribution < -0.4 is 5.32 Å². The number of hydrogen-bond donors (Lipinski definition) is 1. The lowest BCUT2D eigenvalue weighted by atomic mass is 10.1. The standard InChI is InChI=1S/C12H8N2O2/c15-12-10(5-8-6-16-7-13-8)9-3-1-2-4-11(9)14-12/h1-7H,(H,14,15). The number of benzene rings is 1. The molecule has 0 saturated heterocycles. The van der Waals surface area contributed by atoms with Crippen LogP contribution >= 0.6 is 0 Å². The van der Waals surface area contributed by atoms with E-state index in [0.717, 1.165) is 11.3 Å². The largest absolute Gasteiger partial charge is 0.451 e. The molecule has 16 heavy (non-hydrogen) atoms. The number of rotatable bonds is 1. The fourth-order valence-electron chi connectivity index (χ4n) is 1.72. The molecule has 0 radical (unpaired) electrons. The number of carbonyl (C=O) groups excluding carboxylic acids is 1. The summed E-state index contributed by atoms with van der Waals surface area (Å²) in [6.45, 7) is 0. The topological polar surface area (TPSA) is 55.1 Å². The van der Waals surface area contributed by atoms with Crippen molar-refractivity contribution in [3.05, 3.63) is 48.2 Å². The van der Waals surface area contributed by atoms with E-state index < -0.39 is 0 Å². The smallest absolute Gasteiger partial charge is 0.256 e. The molecule has 0 atom stereocenters. The molecule has 2 aromatic rings. The number of carbonyl (C=O) groups is 1. The Morgan fingerprint density at radius 3 is 3.00 bits per heavy atom. The second-order valence-corrected chi connectivity index (χ2v) is 3.47. The van der Waals surface area contributed by atoms with Gasteiger partial charge in [0.2, 0.25) is 0 Å². The number of hydrogen-bond acceptors (Lipinski definition) is 3. The molecule has 0 saturated carbocycles. The van der Waals surface area contributed by atoms with Crippen LogP contribution in [0.25, 0.3) is 11.6 Å². The molecule has 2 heterocycles. The number of anilines is 1. The summed E-state index contributed by atoms with van der Waals surface area (Å²) >= 11 is 0. The van der Waals surface area contributed by atoms with E-state index in [1.165, 1.54) is 12.7 Å². The third-order valence-electron chi connectivity index (χ3n) is 2.45. The quantitative estimate of drug-likeness (QED) is 0.737. The molecule has 1 aliphatic heterocycles. The summed E-state index contributed by atoms with van der Waals surface area (Å²) in [4.78, 5) is 15.7. The minimum Gasteiger partial charge on any atom is -0.451 e. The van der Waals surface area contributed by atoms with E-state index in [1.54, 1.807) is 6.08 Å². The van der Waals surface area contributed by atoms with Crippen molar-refractivity contribution in [2.75, 3.05) is 5.32 Å². The van der Waals surface area contributed by atoms with Crippen molar-refractivity contribution >= 4 is 23.2 Å². The minimum atomic E-state index is -0.107.